The maximum Gasteiger partial charge on any atom is 0.249 e. The van der Waals surface area contributed by atoms with Crippen LogP contribution >= 0.6 is 11.6 Å². The highest BCUT2D eigenvalue weighted by atomic mass is 35.5. The molecule has 1 aliphatic rings. The highest BCUT2D eigenvalue weighted by Gasteiger charge is 2.24. The monoisotopic (exact) mass is 422 g/mol. The van der Waals surface area contributed by atoms with E-state index in [9.17, 15) is 0 Å². The van der Waals surface area contributed by atoms with Gasteiger partial charge in [-0.15, -0.1) is 10.2 Å². The fourth-order valence-electron chi connectivity index (χ4n) is 4.24. The number of aromatic nitrogens is 3. The number of hydrogen-bond acceptors (Lipinski definition) is 5. The molecule has 0 amide bonds. The van der Waals surface area contributed by atoms with Gasteiger partial charge in [0, 0.05) is 17.1 Å². The minimum absolute atomic E-state index is 0.471. The predicted molar refractivity (Wildman–Crippen MR) is 117 cm³/mol. The van der Waals surface area contributed by atoms with Gasteiger partial charge < -0.3 is 14.1 Å². The molecule has 2 aromatic heterocycles. The minimum Gasteiger partial charge on any atom is -0.497 e. The van der Waals surface area contributed by atoms with Crippen molar-refractivity contribution < 1.29 is 9.15 Å². The van der Waals surface area contributed by atoms with Crippen molar-refractivity contribution in [2.75, 3.05) is 20.2 Å². The van der Waals surface area contributed by atoms with Crippen molar-refractivity contribution in [3.63, 3.8) is 0 Å². The van der Waals surface area contributed by atoms with Crippen LogP contribution in [0.4, 0.5) is 0 Å². The molecule has 1 saturated heterocycles. The average molecular weight is 423 g/mol. The molecule has 0 atom stereocenters. The molecule has 0 spiro atoms. The molecule has 0 bridgehead atoms. The van der Waals surface area contributed by atoms with Crippen LogP contribution in [0.15, 0.2) is 53.1 Å². The number of methoxy groups -OCH3 is 1. The lowest BCUT2D eigenvalue weighted by atomic mass is 9.89. The van der Waals surface area contributed by atoms with Gasteiger partial charge in [-0.2, -0.15) is 0 Å². The van der Waals surface area contributed by atoms with E-state index < -0.39 is 0 Å². The molecule has 1 fully saturated rings. The SMILES string of the molecule is COc1ccc2[nH]cc(C3CCN(Cc4nnc(-c5ccccc5Cl)o4)CC3)c2c1. The van der Waals surface area contributed by atoms with Crippen LogP contribution in [0.2, 0.25) is 5.02 Å². The molecule has 2 aromatic carbocycles. The highest BCUT2D eigenvalue weighted by molar-refractivity contribution is 6.33. The van der Waals surface area contributed by atoms with Crippen LogP contribution in [-0.2, 0) is 6.54 Å². The molecule has 1 aliphatic heterocycles. The predicted octanol–water partition coefficient (Wildman–Crippen LogP) is 5.26. The van der Waals surface area contributed by atoms with E-state index in [0.717, 1.165) is 42.8 Å². The summed E-state index contributed by atoms with van der Waals surface area (Å²) in [6, 6.07) is 13.7. The lowest BCUT2D eigenvalue weighted by molar-refractivity contribution is 0.188. The number of nitrogens with one attached hydrogen (secondary N) is 1. The first-order valence-corrected chi connectivity index (χ1v) is 10.5. The maximum absolute atomic E-state index is 6.24. The quantitative estimate of drug-likeness (QED) is 0.475. The Morgan fingerprint density at radius 1 is 1.17 bits per heavy atom. The maximum atomic E-state index is 6.24. The van der Waals surface area contributed by atoms with Crippen molar-refractivity contribution in [2.45, 2.75) is 25.3 Å². The number of piperidine rings is 1. The van der Waals surface area contributed by atoms with Gasteiger partial charge in [-0.05, 0) is 67.7 Å². The van der Waals surface area contributed by atoms with E-state index in [1.807, 2.05) is 30.3 Å². The van der Waals surface area contributed by atoms with E-state index in [1.165, 1.54) is 10.9 Å². The molecule has 5 rings (SSSR count). The molecule has 0 saturated carbocycles. The van der Waals surface area contributed by atoms with Crippen LogP contribution in [0.5, 0.6) is 5.75 Å². The molecular formula is C23H23ClN4O2. The number of halogens is 1. The number of ether oxygens (including phenoxy) is 1. The Morgan fingerprint density at radius 2 is 2.00 bits per heavy atom. The van der Waals surface area contributed by atoms with E-state index >= 15 is 0 Å². The summed E-state index contributed by atoms with van der Waals surface area (Å²) < 4.78 is 11.3. The Morgan fingerprint density at radius 3 is 2.80 bits per heavy atom. The van der Waals surface area contributed by atoms with Crippen molar-refractivity contribution >= 4 is 22.5 Å². The Hall–Kier alpha value is -2.83. The summed E-state index contributed by atoms with van der Waals surface area (Å²) in [6.07, 6.45) is 4.34. The minimum atomic E-state index is 0.471. The normalized spacial score (nSPS) is 15.7. The molecule has 1 N–H and O–H groups in total. The van der Waals surface area contributed by atoms with Gasteiger partial charge in [0.1, 0.15) is 5.75 Å². The second-order valence-corrected chi connectivity index (χ2v) is 8.09. The van der Waals surface area contributed by atoms with E-state index in [2.05, 4.69) is 38.4 Å². The van der Waals surface area contributed by atoms with Gasteiger partial charge in [0.2, 0.25) is 11.8 Å². The Balaban J connectivity index is 1.24. The second-order valence-electron chi connectivity index (χ2n) is 7.69. The van der Waals surface area contributed by atoms with Crippen molar-refractivity contribution in [1.29, 1.82) is 0 Å². The Kier molecular flexibility index (Phi) is 5.19. The van der Waals surface area contributed by atoms with E-state index in [4.69, 9.17) is 20.8 Å². The fraction of sp³-hybridized carbons (Fsp3) is 0.304. The summed E-state index contributed by atoms with van der Waals surface area (Å²) in [5.74, 6) is 2.52. The summed E-state index contributed by atoms with van der Waals surface area (Å²) >= 11 is 6.24. The number of hydrogen-bond donors (Lipinski definition) is 1. The first-order valence-electron chi connectivity index (χ1n) is 10.2. The van der Waals surface area contributed by atoms with Gasteiger partial charge in [0.15, 0.2) is 0 Å². The molecule has 6 nitrogen and oxygen atoms in total. The molecule has 0 aliphatic carbocycles. The Labute approximate surface area is 179 Å². The van der Waals surface area contributed by atoms with Crippen molar-refractivity contribution in [3.8, 4) is 17.2 Å². The lowest BCUT2D eigenvalue weighted by Crippen LogP contribution is -2.32. The molecule has 0 radical (unpaired) electrons. The fourth-order valence-corrected chi connectivity index (χ4v) is 4.46. The molecule has 4 aromatic rings. The van der Waals surface area contributed by atoms with E-state index in [0.29, 0.717) is 29.3 Å². The van der Waals surface area contributed by atoms with Gasteiger partial charge in [-0.1, -0.05) is 23.7 Å². The van der Waals surface area contributed by atoms with Crippen molar-refractivity contribution in [3.05, 3.63) is 65.1 Å². The zero-order valence-corrected chi connectivity index (χ0v) is 17.5. The van der Waals surface area contributed by atoms with Crippen LogP contribution in [0.25, 0.3) is 22.4 Å². The lowest BCUT2D eigenvalue weighted by Gasteiger charge is -2.30. The number of benzene rings is 2. The topological polar surface area (TPSA) is 67.2 Å². The van der Waals surface area contributed by atoms with E-state index in [1.54, 1.807) is 7.11 Å². The van der Waals surface area contributed by atoms with Gasteiger partial charge >= 0.3 is 0 Å². The first kappa shape index (κ1) is 19.2. The summed E-state index contributed by atoms with van der Waals surface area (Å²) in [5, 5.41) is 10.3. The number of nitrogens with zero attached hydrogens (tertiary/aromatic N) is 3. The zero-order valence-electron chi connectivity index (χ0n) is 16.8. The number of fused-ring (bicyclic) bond motifs is 1. The van der Waals surface area contributed by atoms with Crippen molar-refractivity contribution in [1.82, 2.24) is 20.1 Å². The van der Waals surface area contributed by atoms with E-state index in [-0.39, 0.29) is 0 Å². The van der Waals surface area contributed by atoms with Crippen LogP contribution in [0, 0.1) is 0 Å². The third-order valence-corrected chi connectivity index (χ3v) is 6.21. The third-order valence-electron chi connectivity index (χ3n) is 5.88. The molecular weight excluding hydrogens is 400 g/mol. The summed E-state index contributed by atoms with van der Waals surface area (Å²) in [5.41, 5.74) is 3.31. The summed E-state index contributed by atoms with van der Waals surface area (Å²) in [4.78, 5) is 5.77. The molecule has 3 heterocycles. The Bertz CT molecular complexity index is 1160. The highest BCUT2D eigenvalue weighted by Crippen LogP contribution is 2.35. The second kappa shape index (κ2) is 8.13. The number of likely N-dealkylation sites (tertiary alicyclic amines) is 1. The van der Waals surface area contributed by atoms with Crippen LogP contribution < -0.4 is 4.74 Å². The molecule has 30 heavy (non-hydrogen) atoms. The largest absolute Gasteiger partial charge is 0.497 e. The summed E-state index contributed by atoms with van der Waals surface area (Å²) in [7, 11) is 1.71. The zero-order chi connectivity index (χ0) is 20.5. The molecule has 7 heteroatoms. The van der Waals surface area contributed by atoms with Gasteiger partial charge in [0.25, 0.3) is 0 Å². The number of aromatic amines is 1. The van der Waals surface area contributed by atoms with Gasteiger partial charge in [0.05, 0.1) is 24.2 Å². The summed E-state index contributed by atoms with van der Waals surface area (Å²) in [6.45, 7) is 2.64. The van der Waals surface area contributed by atoms with Gasteiger partial charge in [-0.3, -0.25) is 4.90 Å². The average Bonchev–Trinajstić information content (AvgIpc) is 3.41. The standard InChI is InChI=1S/C23H23ClN4O2/c1-29-16-6-7-21-18(12-16)19(13-25-21)15-8-10-28(11-9-15)14-22-26-27-23(30-22)17-4-2-3-5-20(17)24/h2-7,12-13,15,25H,8-11,14H2,1H3. The van der Waals surface area contributed by atoms with Crippen LogP contribution in [-0.4, -0.2) is 40.3 Å². The first-order chi connectivity index (χ1) is 14.7. The third kappa shape index (κ3) is 3.68. The van der Waals surface area contributed by atoms with Crippen LogP contribution in [0.1, 0.15) is 30.2 Å². The molecule has 0 unspecified atom stereocenters. The smallest absolute Gasteiger partial charge is 0.249 e. The number of rotatable bonds is 5. The van der Waals surface area contributed by atoms with Crippen LogP contribution in [0.3, 0.4) is 0 Å². The molecule has 154 valence electrons. The van der Waals surface area contributed by atoms with Gasteiger partial charge in [-0.25, -0.2) is 0 Å². The van der Waals surface area contributed by atoms with Crippen molar-refractivity contribution in [2.24, 2.45) is 0 Å². The number of H-pyrrole nitrogens is 1.